The Labute approximate surface area is 240 Å². The van der Waals surface area contributed by atoms with E-state index in [1.54, 1.807) is 0 Å². The third-order valence-corrected chi connectivity index (χ3v) is 10.9. The van der Waals surface area contributed by atoms with Crippen LogP contribution in [0.1, 0.15) is 94.0 Å². The Morgan fingerprint density at radius 3 is 2.29 bits per heavy atom. The number of carbonyl (C=O) groups is 1. The quantitative estimate of drug-likeness (QED) is 0.270. The number of hydrogen-bond acceptors (Lipinski definition) is 5. The number of fused-ring (bicyclic) bond motifs is 3. The Kier molecular flexibility index (Phi) is 5.41. The largest absolute Gasteiger partial charge is 0.433 e. The van der Waals surface area contributed by atoms with Gasteiger partial charge in [0.05, 0.1) is 5.41 Å². The van der Waals surface area contributed by atoms with Crippen LogP contribution in [0.3, 0.4) is 0 Å². The normalized spacial score (nSPS) is 33.1. The number of rotatable bonds is 7. The molecule has 2 heterocycles. The number of pyridine rings is 1. The van der Waals surface area contributed by atoms with Crippen LogP contribution in [0.15, 0.2) is 47.1 Å². The second kappa shape index (κ2) is 8.63. The van der Waals surface area contributed by atoms with E-state index < -0.39 is 23.0 Å². The molecule has 4 bridgehead atoms. The number of benzene rings is 1. The molecule has 7 aliphatic rings. The fraction of sp³-hybridized carbons (Fsp3) is 0.562. The van der Waals surface area contributed by atoms with Crippen LogP contribution in [0, 0.1) is 10.8 Å². The lowest BCUT2D eigenvalue weighted by molar-refractivity contribution is -0.211. The first-order valence-corrected chi connectivity index (χ1v) is 15.0. The molecule has 3 aromatic rings. The molecule has 1 aromatic carbocycles. The van der Waals surface area contributed by atoms with E-state index in [9.17, 15) is 22.4 Å². The van der Waals surface area contributed by atoms with Crippen molar-refractivity contribution in [1.29, 1.82) is 0 Å². The summed E-state index contributed by atoms with van der Waals surface area (Å²) in [7, 11) is 0. The molecule has 42 heavy (non-hydrogen) atoms. The molecule has 7 saturated carbocycles. The van der Waals surface area contributed by atoms with Gasteiger partial charge in [-0.2, -0.15) is 18.2 Å². The van der Waals surface area contributed by atoms with E-state index in [0.717, 1.165) is 69.1 Å². The van der Waals surface area contributed by atoms with Gasteiger partial charge in [-0.1, -0.05) is 23.4 Å². The predicted octanol–water partition coefficient (Wildman–Crippen LogP) is 7.55. The minimum Gasteiger partial charge on any atom is -0.339 e. The summed E-state index contributed by atoms with van der Waals surface area (Å²) >= 11 is 0. The number of aromatic nitrogens is 3. The third kappa shape index (κ3) is 4.11. The van der Waals surface area contributed by atoms with Crippen molar-refractivity contribution >= 4 is 11.6 Å². The van der Waals surface area contributed by atoms with Crippen molar-refractivity contribution in [1.82, 2.24) is 15.1 Å². The Balaban J connectivity index is 1.07. The third-order valence-electron chi connectivity index (χ3n) is 10.9. The fourth-order valence-corrected chi connectivity index (χ4v) is 8.16. The maximum Gasteiger partial charge on any atom is 0.433 e. The smallest absolute Gasteiger partial charge is 0.339 e. The molecule has 0 spiro atoms. The summed E-state index contributed by atoms with van der Waals surface area (Å²) in [5.74, 6) is 2.02. The second-order valence-corrected chi connectivity index (χ2v) is 13.8. The molecule has 0 atom stereocenters. The van der Waals surface area contributed by atoms with Gasteiger partial charge in [0.2, 0.25) is 11.8 Å². The van der Waals surface area contributed by atoms with Crippen LogP contribution in [0.4, 0.5) is 23.2 Å². The lowest BCUT2D eigenvalue weighted by atomic mass is 9.41. The van der Waals surface area contributed by atoms with Gasteiger partial charge in [-0.3, -0.25) is 9.78 Å². The summed E-state index contributed by atoms with van der Waals surface area (Å²) in [6.07, 6.45) is 5.35. The van der Waals surface area contributed by atoms with Gasteiger partial charge < -0.3 is 9.42 Å². The van der Waals surface area contributed by atoms with Gasteiger partial charge in [-0.15, -0.1) is 0 Å². The molecule has 7 fully saturated rings. The van der Waals surface area contributed by atoms with Crippen LogP contribution in [0.2, 0.25) is 0 Å². The molecule has 2 aromatic heterocycles. The summed E-state index contributed by atoms with van der Waals surface area (Å²) in [5.41, 5.74) is -1.05. The van der Waals surface area contributed by atoms with Crippen molar-refractivity contribution in [3.05, 3.63) is 60.0 Å². The number of amides is 1. The Morgan fingerprint density at radius 2 is 1.69 bits per heavy atom. The van der Waals surface area contributed by atoms with Crippen molar-refractivity contribution in [2.45, 2.75) is 93.8 Å². The zero-order valence-electron chi connectivity index (χ0n) is 23.2. The zero-order valence-corrected chi connectivity index (χ0v) is 23.2. The van der Waals surface area contributed by atoms with Crippen molar-refractivity contribution < 1.29 is 26.9 Å². The number of carbonyl (C=O) groups excluding carboxylic acids is 1. The van der Waals surface area contributed by atoms with Crippen LogP contribution in [0.25, 0.3) is 11.1 Å². The maximum atomic E-state index is 14.5. The average molecular weight is 581 g/mol. The Hall–Kier alpha value is -3.30. The standard InChI is InChI=1S/C32H32F4N4O2/c33-31-16-30(17-31,18-31)27(41)40(23-3-1-2-21(14-23)22-6-7-24(37-15-22)32(34,35)36)19-28-8-11-29(12-9-28,13-10-28)26-38-25(39-42-26)20-4-5-20/h1-3,6-7,14-15,20H,4-5,8-13,16-19H2. The van der Waals surface area contributed by atoms with Gasteiger partial charge in [0.15, 0.2) is 5.82 Å². The molecule has 0 N–H and O–H groups in total. The highest BCUT2D eigenvalue weighted by Gasteiger charge is 2.73. The maximum absolute atomic E-state index is 14.5. The molecule has 10 heteroatoms. The summed E-state index contributed by atoms with van der Waals surface area (Å²) in [5, 5.41) is 4.27. The van der Waals surface area contributed by atoms with Gasteiger partial charge in [0.1, 0.15) is 11.4 Å². The topological polar surface area (TPSA) is 72.1 Å². The first-order valence-electron chi connectivity index (χ1n) is 15.0. The van der Waals surface area contributed by atoms with Gasteiger partial charge in [0.25, 0.3) is 0 Å². The SMILES string of the molecule is O=C(N(CC12CCC(c3nc(C4CC4)no3)(CC1)CC2)c1cccc(-c2ccc(C(F)(F)F)nc2)c1)C12CC(F)(C1)C2. The number of alkyl halides is 4. The van der Waals surface area contributed by atoms with Crippen LogP contribution in [-0.2, 0) is 16.4 Å². The molecule has 0 radical (unpaired) electrons. The van der Waals surface area contributed by atoms with E-state index in [-0.39, 0.29) is 36.0 Å². The van der Waals surface area contributed by atoms with Crippen molar-refractivity contribution in [3.8, 4) is 11.1 Å². The number of hydrogen-bond donors (Lipinski definition) is 0. The minimum absolute atomic E-state index is 0.0347. The van der Waals surface area contributed by atoms with Gasteiger partial charge >= 0.3 is 6.18 Å². The van der Waals surface area contributed by atoms with E-state index in [1.165, 1.54) is 12.3 Å². The molecule has 0 unspecified atom stereocenters. The van der Waals surface area contributed by atoms with Crippen molar-refractivity contribution in [2.24, 2.45) is 10.8 Å². The molecule has 10 rings (SSSR count). The summed E-state index contributed by atoms with van der Waals surface area (Å²) in [4.78, 5) is 24.4. The van der Waals surface area contributed by atoms with Crippen molar-refractivity contribution in [2.75, 3.05) is 11.4 Å². The number of anilines is 1. The summed E-state index contributed by atoms with van der Waals surface area (Å²) in [6.45, 7) is 0.537. The monoisotopic (exact) mass is 580 g/mol. The minimum atomic E-state index is -4.51. The first kappa shape index (κ1) is 26.3. The van der Waals surface area contributed by atoms with E-state index in [2.05, 4.69) is 10.1 Å². The number of nitrogens with zero attached hydrogens (tertiary/aromatic N) is 4. The van der Waals surface area contributed by atoms with Crippen LogP contribution in [-0.4, -0.2) is 33.2 Å². The number of halogens is 4. The average Bonchev–Trinajstić information content (AvgIpc) is 3.69. The van der Waals surface area contributed by atoms with E-state index in [1.807, 2.05) is 29.2 Å². The van der Waals surface area contributed by atoms with Gasteiger partial charge in [0, 0.05) is 35.3 Å². The van der Waals surface area contributed by atoms with E-state index in [0.29, 0.717) is 29.3 Å². The highest BCUT2D eigenvalue weighted by molar-refractivity contribution is 6.00. The van der Waals surface area contributed by atoms with Gasteiger partial charge in [-0.25, -0.2) is 4.39 Å². The summed E-state index contributed by atoms with van der Waals surface area (Å²) < 4.78 is 59.5. The van der Waals surface area contributed by atoms with Crippen molar-refractivity contribution in [3.63, 3.8) is 0 Å². The molecule has 0 saturated heterocycles. The molecular formula is C32H32F4N4O2. The molecule has 0 aliphatic heterocycles. The predicted molar refractivity (Wildman–Crippen MR) is 145 cm³/mol. The first-order chi connectivity index (χ1) is 20.0. The lowest BCUT2D eigenvalue weighted by Gasteiger charge is -2.65. The molecule has 6 nitrogen and oxygen atoms in total. The molecule has 7 aliphatic carbocycles. The highest BCUT2D eigenvalue weighted by Crippen LogP contribution is 2.70. The summed E-state index contributed by atoms with van der Waals surface area (Å²) in [6, 6.07) is 9.73. The second-order valence-electron chi connectivity index (χ2n) is 13.8. The van der Waals surface area contributed by atoms with E-state index in [4.69, 9.17) is 9.51 Å². The Morgan fingerprint density at radius 1 is 0.976 bits per heavy atom. The van der Waals surface area contributed by atoms with E-state index >= 15 is 0 Å². The molecule has 220 valence electrons. The van der Waals surface area contributed by atoms with Crippen LogP contribution in [0.5, 0.6) is 0 Å². The molecule has 1 amide bonds. The zero-order chi connectivity index (χ0) is 29.0. The Bertz CT molecular complexity index is 1520. The fourth-order valence-electron chi connectivity index (χ4n) is 8.16. The lowest BCUT2D eigenvalue weighted by Crippen LogP contribution is -2.71. The van der Waals surface area contributed by atoms with Gasteiger partial charge in [-0.05, 0) is 99.8 Å². The highest BCUT2D eigenvalue weighted by atomic mass is 19.4. The van der Waals surface area contributed by atoms with Crippen LogP contribution >= 0.6 is 0 Å². The van der Waals surface area contributed by atoms with Crippen LogP contribution < -0.4 is 4.90 Å². The molecular weight excluding hydrogens is 548 g/mol.